The van der Waals surface area contributed by atoms with E-state index < -0.39 is 140 Å². The SMILES string of the molecule is CCc1c(S(=O)(=O)NCP(=O)(O)Oc2ccc(C#N)c(F)c2)sc2c(F)c(OCCNC(=O)c3ccc(OC(C)=O)c(OC(C)=O)c3)c(OCCNC(=O)c3ccc(OC(C)=O)c(OC(C)=O)c3)c(F)c12. The molecule has 1 unspecified atom stereocenters. The third-order valence-corrected chi connectivity index (χ3v) is 13.5. The van der Waals surface area contributed by atoms with Crippen molar-refractivity contribution < 1.29 is 92.8 Å². The molecule has 5 rings (SSSR count). The number of sulfonamides is 1. The number of ether oxygens (including phenoxy) is 6. The van der Waals surface area contributed by atoms with Gasteiger partial charge in [-0.05, 0) is 60.5 Å². The Hall–Kier alpha value is -7.56. The second-order valence-corrected chi connectivity index (χ2v) is 19.2. The van der Waals surface area contributed by atoms with E-state index in [0.717, 1.165) is 52.0 Å². The van der Waals surface area contributed by atoms with Crippen molar-refractivity contribution in [3.63, 3.8) is 0 Å². The van der Waals surface area contributed by atoms with E-state index in [9.17, 15) is 51.0 Å². The van der Waals surface area contributed by atoms with Gasteiger partial charge in [-0.15, -0.1) is 11.3 Å². The summed E-state index contributed by atoms with van der Waals surface area (Å²) in [6.45, 7) is 3.76. The van der Waals surface area contributed by atoms with E-state index in [1.54, 1.807) is 6.07 Å². The maximum Gasteiger partial charge on any atom is 0.391 e. The molecule has 0 aliphatic rings. The highest BCUT2D eigenvalue weighted by Crippen LogP contribution is 2.48. The minimum atomic E-state index is -4.94. The molecular formula is C44H40F3N4O17PS2. The zero-order valence-electron chi connectivity index (χ0n) is 37.8. The van der Waals surface area contributed by atoms with Crippen LogP contribution in [0.1, 0.15) is 66.5 Å². The van der Waals surface area contributed by atoms with Gasteiger partial charge in [-0.25, -0.2) is 26.2 Å². The normalized spacial score (nSPS) is 11.9. The lowest BCUT2D eigenvalue weighted by Gasteiger charge is -2.17. The van der Waals surface area contributed by atoms with E-state index in [4.69, 9.17) is 38.2 Å². The lowest BCUT2D eigenvalue weighted by molar-refractivity contribution is -0.134. The molecule has 376 valence electrons. The number of esters is 4. The fourth-order valence-electron chi connectivity index (χ4n) is 6.20. The molecule has 4 N–H and O–H groups in total. The summed E-state index contributed by atoms with van der Waals surface area (Å²) in [5, 5.41) is 13.3. The largest absolute Gasteiger partial charge is 0.485 e. The van der Waals surface area contributed by atoms with Gasteiger partial charge in [-0.3, -0.25) is 28.8 Å². The van der Waals surface area contributed by atoms with E-state index in [1.807, 2.05) is 4.72 Å². The summed E-state index contributed by atoms with van der Waals surface area (Å²) in [6, 6.07) is 11.2. The molecule has 4 aromatic carbocycles. The number of benzene rings is 4. The van der Waals surface area contributed by atoms with Gasteiger partial charge in [-0.1, -0.05) is 6.92 Å². The Morgan fingerprint density at radius 1 is 0.718 bits per heavy atom. The first-order chi connectivity index (χ1) is 33.4. The van der Waals surface area contributed by atoms with Gasteiger partial charge in [0.25, 0.3) is 21.8 Å². The zero-order valence-corrected chi connectivity index (χ0v) is 40.3. The molecule has 1 heterocycles. The second kappa shape index (κ2) is 23.4. The van der Waals surface area contributed by atoms with Crippen LogP contribution in [0, 0.1) is 28.8 Å². The summed E-state index contributed by atoms with van der Waals surface area (Å²) in [5.74, 6) is -11.6. The molecule has 71 heavy (non-hydrogen) atoms. The minimum absolute atomic E-state index is 0.0923. The Labute approximate surface area is 405 Å². The fourth-order valence-corrected chi connectivity index (χ4v) is 10.7. The van der Waals surface area contributed by atoms with Crippen LogP contribution < -0.4 is 48.3 Å². The zero-order chi connectivity index (χ0) is 52.4. The molecule has 0 aliphatic heterocycles. The van der Waals surface area contributed by atoms with Crippen LogP contribution in [0.4, 0.5) is 13.2 Å². The Morgan fingerprint density at radius 3 is 1.65 bits per heavy atom. The maximum absolute atomic E-state index is 16.9. The van der Waals surface area contributed by atoms with Crippen LogP contribution >= 0.6 is 18.9 Å². The van der Waals surface area contributed by atoms with Crippen molar-refractivity contribution in [3.8, 4) is 46.3 Å². The Morgan fingerprint density at radius 2 is 1.20 bits per heavy atom. The number of rotatable bonds is 21. The Bertz CT molecular complexity index is 3160. The quantitative estimate of drug-likeness (QED) is 0.0302. The molecule has 1 aromatic heterocycles. The van der Waals surface area contributed by atoms with Crippen LogP contribution in [-0.4, -0.2) is 81.6 Å². The van der Waals surface area contributed by atoms with Gasteiger partial charge in [-0.2, -0.15) is 9.98 Å². The average molecular weight is 1050 g/mol. The van der Waals surface area contributed by atoms with Gasteiger partial charge in [0.2, 0.25) is 11.5 Å². The van der Waals surface area contributed by atoms with Crippen LogP contribution in [0.2, 0.25) is 0 Å². The summed E-state index contributed by atoms with van der Waals surface area (Å²) in [7, 11) is -9.84. The van der Waals surface area contributed by atoms with Gasteiger partial charge in [0.1, 0.15) is 41.3 Å². The van der Waals surface area contributed by atoms with E-state index in [1.165, 1.54) is 31.2 Å². The standard InChI is InChI=1S/C44H40F3N4O17PS2/c1-6-30-36-37(46)39(62-15-13-49-42(56)26-8-11-32(64-22(2)52)34(17-26)66-24(4)54)40(63-16-14-50-43(57)27-9-12-33(65-23(3)53)35(18-27)67-25(5)55)38(47)41(36)70-44(30)71(60,61)51-21-69(58,59)68-29-10-7-28(20-48)31(45)19-29/h7-12,17-19,51H,6,13-16,21H2,1-5H3,(H,49,56)(H,50,57)(H,58,59). The molecule has 27 heteroatoms. The summed E-state index contributed by atoms with van der Waals surface area (Å²) >= 11 is 0.224. The number of fused-ring (bicyclic) bond motifs is 1. The molecule has 21 nitrogen and oxygen atoms in total. The molecule has 0 saturated carbocycles. The molecular weight excluding hydrogens is 1010 g/mol. The lowest BCUT2D eigenvalue weighted by atomic mass is 10.1. The van der Waals surface area contributed by atoms with E-state index >= 15 is 8.78 Å². The number of nitrogens with one attached hydrogen (secondary N) is 3. The monoisotopic (exact) mass is 1050 g/mol. The first-order valence-electron chi connectivity index (χ1n) is 20.5. The number of thiophene rings is 1. The highest BCUT2D eigenvalue weighted by molar-refractivity contribution is 7.92. The fraction of sp³-hybridized carbons (Fsp3) is 0.250. The predicted octanol–water partition coefficient (Wildman–Crippen LogP) is 5.57. The van der Waals surface area contributed by atoms with Gasteiger partial charge in [0.15, 0.2) is 34.6 Å². The molecule has 2 amide bonds. The van der Waals surface area contributed by atoms with E-state index in [0.29, 0.717) is 6.07 Å². The van der Waals surface area contributed by atoms with Crippen molar-refractivity contribution in [2.75, 3.05) is 32.6 Å². The number of carbonyl (C=O) groups excluding carboxylic acids is 6. The van der Waals surface area contributed by atoms with Crippen molar-refractivity contribution in [1.82, 2.24) is 15.4 Å². The van der Waals surface area contributed by atoms with E-state index in [-0.39, 0.29) is 57.4 Å². The number of amides is 2. The van der Waals surface area contributed by atoms with Gasteiger partial charge in [0.05, 0.1) is 23.4 Å². The van der Waals surface area contributed by atoms with Crippen LogP contribution in [-0.2, 0) is 40.2 Å². The molecule has 0 bridgehead atoms. The average Bonchev–Trinajstić information content (AvgIpc) is 3.70. The maximum atomic E-state index is 16.9. The van der Waals surface area contributed by atoms with Crippen LogP contribution in [0.25, 0.3) is 10.1 Å². The number of hydrogen-bond donors (Lipinski definition) is 4. The van der Waals surface area contributed by atoms with Crippen molar-refractivity contribution in [3.05, 3.63) is 94.3 Å². The molecule has 0 saturated heterocycles. The van der Waals surface area contributed by atoms with Gasteiger partial charge in [0, 0.05) is 50.3 Å². The number of nitriles is 1. The Kier molecular flexibility index (Phi) is 17.9. The summed E-state index contributed by atoms with van der Waals surface area (Å²) in [6.07, 6.45) is -1.57. The molecule has 0 radical (unpaired) electrons. The smallest absolute Gasteiger partial charge is 0.391 e. The number of halogens is 3. The summed E-state index contributed by atoms with van der Waals surface area (Å²) < 4.78 is 125. The minimum Gasteiger partial charge on any atom is -0.485 e. The third-order valence-electron chi connectivity index (χ3n) is 9.05. The Balaban J connectivity index is 1.42. The summed E-state index contributed by atoms with van der Waals surface area (Å²) in [5.41, 5.74) is -0.891. The highest BCUT2D eigenvalue weighted by atomic mass is 32.2. The lowest BCUT2D eigenvalue weighted by Crippen LogP contribution is -2.29. The highest BCUT2D eigenvalue weighted by Gasteiger charge is 2.34. The second-order valence-electron chi connectivity index (χ2n) is 14.4. The molecule has 1 atom stereocenters. The molecule has 0 spiro atoms. The molecule has 0 aliphatic carbocycles. The number of hydrogen-bond acceptors (Lipinski definition) is 18. The number of nitrogens with zero attached hydrogens (tertiary/aromatic N) is 1. The molecule has 0 fully saturated rings. The van der Waals surface area contributed by atoms with Crippen molar-refractivity contribution in [2.45, 2.75) is 45.2 Å². The third kappa shape index (κ3) is 14.0. The predicted molar refractivity (Wildman–Crippen MR) is 242 cm³/mol. The van der Waals surface area contributed by atoms with E-state index in [2.05, 4.69) is 10.6 Å². The summed E-state index contributed by atoms with van der Waals surface area (Å²) in [4.78, 5) is 83.0. The van der Waals surface area contributed by atoms with Crippen molar-refractivity contribution >= 4 is 74.7 Å². The van der Waals surface area contributed by atoms with Gasteiger partial charge >= 0.3 is 31.5 Å². The van der Waals surface area contributed by atoms with Crippen LogP contribution in [0.5, 0.6) is 40.2 Å². The van der Waals surface area contributed by atoms with Crippen molar-refractivity contribution in [2.24, 2.45) is 0 Å². The topological polar surface area (TPSA) is 298 Å². The van der Waals surface area contributed by atoms with Crippen LogP contribution in [0.15, 0.2) is 58.8 Å². The van der Waals surface area contributed by atoms with Crippen molar-refractivity contribution in [1.29, 1.82) is 5.26 Å². The molecule has 5 aromatic rings. The number of aryl methyl sites for hydroxylation is 1. The van der Waals surface area contributed by atoms with Gasteiger partial charge < -0.3 is 48.5 Å². The van der Waals surface area contributed by atoms with Crippen LogP contribution in [0.3, 0.4) is 0 Å². The first-order valence-corrected chi connectivity index (χ1v) is 24.5. The number of carbonyl (C=O) groups is 6. The first kappa shape index (κ1) is 54.4.